The zero-order valence-electron chi connectivity index (χ0n) is 19.6. The number of nitriles is 1. The van der Waals surface area contributed by atoms with Crippen LogP contribution in [0.1, 0.15) is 49.1 Å². The Balaban J connectivity index is 1.28. The summed E-state index contributed by atoms with van der Waals surface area (Å²) in [6.45, 7) is 0.721. The molecule has 2 unspecified atom stereocenters. The second kappa shape index (κ2) is 10.2. The Bertz CT molecular complexity index is 1190. The fraction of sp³-hybridized carbons (Fsp3) is 0.458. The van der Waals surface area contributed by atoms with Crippen LogP contribution in [0.15, 0.2) is 30.5 Å². The average Bonchev–Trinajstić information content (AvgIpc) is 3.32. The Kier molecular flexibility index (Phi) is 6.74. The van der Waals surface area contributed by atoms with E-state index in [4.69, 9.17) is 4.74 Å². The third kappa shape index (κ3) is 5.34. The SMILES string of the molecule is COc1cc(Nc2cc(CO)[nH]n2)nc(NC2CC3CCCC(C2)N3Cc2ccnc(C#N)c2)n1. The summed E-state index contributed by atoms with van der Waals surface area (Å²) in [6.07, 6.45) is 7.26. The van der Waals surface area contributed by atoms with Gasteiger partial charge in [0.05, 0.1) is 19.4 Å². The van der Waals surface area contributed by atoms with E-state index in [0.29, 0.717) is 46.9 Å². The zero-order chi connectivity index (χ0) is 24.2. The lowest BCUT2D eigenvalue weighted by Gasteiger charge is -2.49. The van der Waals surface area contributed by atoms with Crippen molar-refractivity contribution in [2.24, 2.45) is 0 Å². The summed E-state index contributed by atoms with van der Waals surface area (Å²) >= 11 is 0. The van der Waals surface area contributed by atoms with Crippen LogP contribution in [-0.4, -0.2) is 60.4 Å². The lowest BCUT2D eigenvalue weighted by Crippen LogP contribution is -2.54. The smallest absolute Gasteiger partial charge is 0.228 e. The molecule has 11 nitrogen and oxygen atoms in total. The van der Waals surface area contributed by atoms with Crippen LogP contribution in [-0.2, 0) is 13.2 Å². The number of fused-ring (bicyclic) bond motifs is 2. The van der Waals surface area contributed by atoms with E-state index in [-0.39, 0.29) is 12.6 Å². The Morgan fingerprint density at radius 3 is 2.74 bits per heavy atom. The van der Waals surface area contributed by atoms with Gasteiger partial charge in [-0.1, -0.05) is 6.42 Å². The molecule has 4 N–H and O–H groups in total. The molecule has 0 radical (unpaired) electrons. The number of hydrogen-bond donors (Lipinski definition) is 4. The van der Waals surface area contributed by atoms with Crippen LogP contribution >= 0.6 is 0 Å². The summed E-state index contributed by atoms with van der Waals surface area (Å²) in [5.41, 5.74) is 2.21. The van der Waals surface area contributed by atoms with E-state index in [2.05, 4.69) is 46.8 Å². The lowest BCUT2D eigenvalue weighted by molar-refractivity contribution is 0.0276. The quantitative estimate of drug-likeness (QED) is 0.383. The number of anilines is 3. The molecule has 5 heterocycles. The number of methoxy groups -OCH3 is 1. The fourth-order valence-electron chi connectivity index (χ4n) is 5.18. The average molecular weight is 476 g/mol. The minimum absolute atomic E-state index is 0.115. The van der Waals surface area contributed by atoms with Crippen LogP contribution < -0.4 is 15.4 Å². The summed E-state index contributed by atoms with van der Waals surface area (Å²) in [5, 5.41) is 32.0. The van der Waals surface area contributed by atoms with Gasteiger partial charge in [0, 0.05) is 43.0 Å². The Morgan fingerprint density at radius 2 is 2.03 bits per heavy atom. The van der Waals surface area contributed by atoms with E-state index in [1.54, 1.807) is 25.4 Å². The van der Waals surface area contributed by atoms with Gasteiger partial charge >= 0.3 is 0 Å². The second-order valence-corrected chi connectivity index (χ2v) is 9.07. The molecule has 0 amide bonds. The van der Waals surface area contributed by atoms with Crippen molar-refractivity contribution in [3.63, 3.8) is 0 Å². The largest absolute Gasteiger partial charge is 0.481 e. The number of pyridine rings is 1. The summed E-state index contributed by atoms with van der Waals surface area (Å²) in [7, 11) is 1.58. The first-order valence-electron chi connectivity index (χ1n) is 11.9. The first-order chi connectivity index (χ1) is 17.1. The monoisotopic (exact) mass is 475 g/mol. The maximum Gasteiger partial charge on any atom is 0.228 e. The number of piperidine rings is 2. The second-order valence-electron chi connectivity index (χ2n) is 9.07. The number of aromatic nitrogens is 5. The van der Waals surface area contributed by atoms with Gasteiger partial charge in [-0.05, 0) is 43.4 Å². The van der Waals surface area contributed by atoms with E-state index < -0.39 is 0 Å². The molecule has 3 aromatic heterocycles. The molecular weight excluding hydrogens is 446 g/mol. The molecule has 2 bridgehead atoms. The van der Waals surface area contributed by atoms with Gasteiger partial charge in [0.15, 0.2) is 5.82 Å². The number of aromatic amines is 1. The molecule has 2 aliphatic heterocycles. The van der Waals surface area contributed by atoms with E-state index in [1.165, 1.54) is 6.42 Å². The molecule has 0 saturated carbocycles. The highest BCUT2D eigenvalue weighted by atomic mass is 16.5. The van der Waals surface area contributed by atoms with Gasteiger partial charge in [0.25, 0.3) is 0 Å². The predicted molar refractivity (Wildman–Crippen MR) is 129 cm³/mol. The van der Waals surface area contributed by atoms with Crippen molar-refractivity contribution >= 4 is 17.6 Å². The molecule has 35 heavy (non-hydrogen) atoms. The van der Waals surface area contributed by atoms with Gasteiger partial charge < -0.3 is 20.5 Å². The van der Waals surface area contributed by atoms with Gasteiger partial charge in [-0.15, -0.1) is 0 Å². The molecule has 0 aliphatic carbocycles. The van der Waals surface area contributed by atoms with Gasteiger partial charge in [0.1, 0.15) is 17.6 Å². The normalized spacial score (nSPS) is 21.8. The maximum absolute atomic E-state index is 9.24. The van der Waals surface area contributed by atoms with Crippen LogP contribution in [0.25, 0.3) is 0 Å². The maximum atomic E-state index is 9.24. The zero-order valence-corrected chi connectivity index (χ0v) is 19.6. The number of hydrogen-bond acceptors (Lipinski definition) is 10. The molecule has 182 valence electrons. The highest BCUT2D eigenvalue weighted by molar-refractivity contribution is 5.55. The van der Waals surface area contributed by atoms with Crippen molar-refractivity contribution in [1.29, 1.82) is 5.26 Å². The molecule has 3 aromatic rings. The first kappa shape index (κ1) is 23.0. The Labute approximate surface area is 203 Å². The molecule has 0 spiro atoms. The molecule has 11 heteroatoms. The van der Waals surface area contributed by atoms with Gasteiger partial charge in [-0.2, -0.15) is 20.3 Å². The Hall–Kier alpha value is -3.75. The molecule has 2 aliphatic rings. The van der Waals surface area contributed by atoms with Crippen molar-refractivity contribution < 1.29 is 9.84 Å². The number of rotatable bonds is 8. The van der Waals surface area contributed by atoms with E-state index in [1.807, 2.05) is 12.1 Å². The van der Waals surface area contributed by atoms with E-state index in [9.17, 15) is 10.4 Å². The van der Waals surface area contributed by atoms with Gasteiger partial charge in [0.2, 0.25) is 11.8 Å². The third-order valence-electron chi connectivity index (χ3n) is 6.73. The fourth-order valence-corrected chi connectivity index (χ4v) is 5.18. The molecule has 2 atom stereocenters. The molecule has 2 saturated heterocycles. The topological polar surface area (TPSA) is 148 Å². The molecule has 0 aromatic carbocycles. The van der Waals surface area contributed by atoms with Crippen molar-refractivity contribution in [1.82, 2.24) is 30.0 Å². The van der Waals surface area contributed by atoms with Gasteiger partial charge in [-0.25, -0.2) is 4.98 Å². The summed E-state index contributed by atoms with van der Waals surface area (Å²) in [4.78, 5) is 15.8. The van der Waals surface area contributed by atoms with Crippen LogP contribution in [0, 0.1) is 11.3 Å². The summed E-state index contributed by atoms with van der Waals surface area (Å²) < 4.78 is 5.39. The van der Waals surface area contributed by atoms with Crippen molar-refractivity contribution in [3.8, 4) is 11.9 Å². The van der Waals surface area contributed by atoms with Crippen LogP contribution in [0.3, 0.4) is 0 Å². The summed E-state index contributed by atoms with van der Waals surface area (Å²) in [6, 6.07) is 10.6. The lowest BCUT2D eigenvalue weighted by atomic mass is 9.81. The third-order valence-corrected chi connectivity index (χ3v) is 6.73. The molecule has 2 fully saturated rings. The highest BCUT2D eigenvalue weighted by Crippen LogP contribution is 2.36. The number of ether oxygens (including phenoxy) is 1. The first-order valence-corrected chi connectivity index (χ1v) is 11.9. The molecular formula is C24H29N9O2. The van der Waals surface area contributed by atoms with E-state index >= 15 is 0 Å². The number of aliphatic hydroxyl groups excluding tert-OH is 1. The van der Waals surface area contributed by atoms with Crippen molar-refractivity contribution in [2.45, 2.75) is 63.4 Å². The van der Waals surface area contributed by atoms with Crippen molar-refractivity contribution in [3.05, 3.63) is 47.4 Å². The van der Waals surface area contributed by atoms with Crippen LogP contribution in [0.4, 0.5) is 17.6 Å². The Morgan fingerprint density at radius 1 is 1.20 bits per heavy atom. The number of H-pyrrole nitrogens is 1. The minimum Gasteiger partial charge on any atom is -0.481 e. The standard InChI is InChI=1S/C24H29N9O2/c1-35-23-11-21(28-22-10-18(14-34)31-32-22)29-24(30-23)27-16-8-19-3-2-4-20(9-16)33(19)13-15-5-6-26-17(7-15)12-25/h5-7,10-11,16,19-20,34H,2-4,8-9,13-14H2,1H3,(H3,27,28,29,30,31,32). The number of nitrogens with one attached hydrogen (secondary N) is 3. The van der Waals surface area contributed by atoms with Crippen molar-refractivity contribution in [2.75, 3.05) is 17.7 Å². The molecule has 5 rings (SSSR count). The van der Waals surface area contributed by atoms with Gasteiger partial charge in [-0.3, -0.25) is 10.00 Å². The van der Waals surface area contributed by atoms with Crippen LogP contribution in [0.2, 0.25) is 0 Å². The van der Waals surface area contributed by atoms with Crippen LogP contribution in [0.5, 0.6) is 5.88 Å². The predicted octanol–water partition coefficient (Wildman–Crippen LogP) is 2.71. The summed E-state index contributed by atoms with van der Waals surface area (Å²) in [5.74, 6) is 2.07. The number of aliphatic hydroxyl groups is 1. The minimum atomic E-state index is -0.115. The highest BCUT2D eigenvalue weighted by Gasteiger charge is 2.38. The number of nitrogens with zero attached hydrogens (tertiary/aromatic N) is 6. The van der Waals surface area contributed by atoms with E-state index in [0.717, 1.165) is 37.8 Å².